The summed E-state index contributed by atoms with van der Waals surface area (Å²) in [6.45, 7) is 1.82. The first kappa shape index (κ1) is 21.9. The lowest BCUT2D eigenvalue weighted by molar-refractivity contribution is -0.127. The van der Waals surface area contributed by atoms with Crippen LogP contribution in [0.2, 0.25) is 0 Å². The second-order valence-electron chi connectivity index (χ2n) is 7.95. The zero-order valence-electron chi connectivity index (χ0n) is 17.1. The molecule has 166 valence electrons. The van der Waals surface area contributed by atoms with Gasteiger partial charge in [0.1, 0.15) is 4.21 Å². The molecule has 4 heterocycles. The Kier molecular flexibility index (Phi) is 6.68. The zero-order valence-corrected chi connectivity index (χ0v) is 18.8. The van der Waals surface area contributed by atoms with E-state index in [1.165, 1.54) is 15.6 Å². The highest BCUT2D eigenvalue weighted by Crippen LogP contribution is 2.26. The van der Waals surface area contributed by atoms with E-state index in [0.29, 0.717) is 55.1 Å². The number of carbonyl (C=O) groups excluding carboxylic acids is 2. The Morgan fingerprint density at radius 2 is 1.81 bits per heavy atom. The third-order valence-corrected chi connectivity index (χ3v) is 9.14. The highest BCUT2D eigenvalue weighted by molar-refractivity contribution is 7.91. The number of rotatable bonds is 5. The summed E-state index contributed by atoms with van der Waals surface area (Å²) in [7, 11) is -3.54. The number of sulfonamides is 1. The third-order valence-electron chi connectivity index (χ3n) is 5.90. The van der Waals surface area contributed by atoms with Crippen molar-refractivity contribution >= 4 is 33.2 Å². The third kappa shape index (κ3) is 4.97. The van der Waals surface area contributed by atoms with Gasteiger partial charge in [-0.2, -0.15) is 4.31 Å². The van der Waals surface area contributed by atoms with E-state index in [0.717, 1.165) is 0 Å². The monoisotopic (exact) mass is 462 g/mol. The summed E-state index contributed by atoms with van der Waals surface area (Å²) in [6, 6.07) is 6.73. The van der Waals surface area contributed by atoms with Gasteiger partial charge in [-0.15, -0.1) is 11.3 Å². The van der Waals surface area contributed by atoms with Gasteiger partial charge in [0.15, 0.2) is 0 Å². The summed E-state index contributed by atoms with van der Waals surface area (Å²) in [5.74, 6) is -0.459. The Balaban J connectivity index is 1.29. The van der Waals surface area contributed by atoms with E-state index in [9.17, 15) is 18.0 Å². The molecule has 1 unspecified atom stereocenters. The summed E-state index contributed by atoms with van der Waals surface area (Å²) in [6.07, 6.45) is 5.93. The van der Waals surface area contributed by atoms with E-state index in [1.807, 2.05) is 0 Å². The van der Waals surface area contributed by atoms with Gasteiger partial charge < -0.3 is 10.2 Å². The Bertz CT molecular complexity index is 1000. The minimum absolute atomic E-state index is 0.00160. The molecule has 4 rings (SSSR count). The summed E-state index contributed by atoms with van der Waals surface area (Å²) < 4.78 is 27.3. The van der Waals surface area contributed by atoms with Gasteiger partial charge in [-0.1, -0.05) is 6.07 Å². The van der Waals surface area contributed by atoms with Crippen molar-refractivity contribution in [3.8, 4) is 0 Å². The van der Waals surface area contributed by atoms with Gasteiger partial charge in [0, 0.05) is 50.2 Å². The Labute approximate surface area is 186 Å². The molecular weight excluding hydrogens is 436 g/mol. The maximum Gasteiger partial charge on any atom is 0.253 e. The van der Waals surface area contributed by atoms with Gasteiger partial charge in [-0.3, -0.25) is 14.6 Å². The van der Waals surface area contributed by atoms with E-state index < -0.39 is 10.0 Å². The molecule has 2 aliphatic heterocycles. The number of hydrogen-bond acceptors (Lipinski definition) is 6. The number of nitrogens with zero attached hydrogens (tertiary/aromatic N) is 3. The Morgan fingerprint density at radius 3 is 2.48 bits per heavy atom. The molecule has 2 amide bonds. The zero-order chi connectivity index (χ0) is 21.8. The van der Waals surface area contributed by atoms with Crippen LogP contribution in [0.5, 0.6) is 0 Å². The minimum atomic E-state index is -3.54. The second kappa shape index (κ2) is 9.46. The van der Waals surface area contributed by atoms with Crippen LogP contribution in [0.3, 0.4) is 0 Å². The van der Waals surface area contributed by atoms with Crippen molar-refractivity contribution in [2.24, 2.45) is 5.92 Å². The molecule has 8 nitrogen and oxygen atoms in total. The summed E-state index contributed by atoms with van der Waals surface area (Å²) in [5, 5.41) is 4.83. The number of piperidine rings is 2. The first-order chi connectivity index (χ1) is 14.9. The molecule has 0 radical (unpaired) electrons. The van der Waals surface area contributed by atoms with Crippen LogP contribution in [0.1, 0.15) is 36.0 Å². The van der Waals surface area contributed by atoms with Crippen molar-refractivity contribution in [2.75, 3.05) is 26.2 Å². The van der Waals surface area contributed by atoms with Crippen LogP contribution >= 0.6 is 11.3 Å². The average Bonchev–Trinajstić information content (AvgIpc) is 3.36. The molecule has 2 aromatic rings. The fourth-order valence-corrected chi connectivity index (χ4v) is 6.80. The minimum Gasteiger partial charge on any atom is -0.353 e. The number of hydrogen-bond donors (Lipinski definition) is 1. The van der Waals surface area contributed by atoms with E-state index >= 15 is 0 Å². The van der Waals surface area contributed by atoms with E-state index in [1.54, 1.807) is 46.9 Å². The number of thiophene rings is 1. The van der Waals surface area contributed by atoms with Crippen LogP contribution in [-0.2, 0) is 14.8 Å². The maximum absolute atomic E-state index is 12.8. The van der Waals surface area contributed by atoms with Crippen LogP contribution in [0, 0.1) is 5.92 Å². The van der Waals surface area contributed by atoms with Gasteiger partial charge in [-0.05, 0) is 49.3 Å². The summed E-state index contributed by atoms with van der Waals surface area (Å²) in [4.78, 5) is 31.1. The van der Waals surface area contributed by atoms with Crippen LogP contribution in [0.4, 0.5) is 0 Å². The highest BCUT2D eigenvalue weighted by atomic mass is 32.2. The number of nitrogens with one attached hydrogen (secondary N) is 1. The molecule has 2 saturated heterocycles. The normalized spacial score (nSPS) is 21.0. The Hall–Kier alpha value is -2.30. The number of amides is 2. The van der Waals surface area contributed by atoms with Crippen LogP contribution < -0.4 is 5.32 Å². The fraction of sp³-hybridized carbons (Fsp3) is 0.476. The average molecular weight is 463 g/mol. The summed E-state index contributed by atoms with van der Waals surface area (Å²) >= 11 is 1.20. The molecule has 2 fully saturated rings. The molecule has 1 N–H and O–H groups in total. The van der Waals surface area contributed by atoms with Gasteiger partial charge >= 0.3 is 0 Å². The molecule has 10 heteroatoms. The largest absolute Gasteiger partial charge is 0.353 e. The van der Waals surface area contributed by atoms with Gasteiger partial charge in [-0.25, -0.2) is 8.42 Å². The lowest BCUT2D eigenvalue weighted by atomic mass is 9.97. The predicted octanol–water partition coefficient (Wildman–Crippen LogP) is 1.96. The van der Waals surface area contributed by atoms with E-state index in [-0.39, 0.29) is 30.3 Å². The fourth-order valence-electron chi connectivity index (χ4n) is 4.14. The van der Waals surface area contributed by atoms with E-state index in [4.69, 9.17) is 0 Å². The second-order valence-corrected chi connectivity index (χ2v) is 11.1. The van der Waals surface area contributed by atoms with Gasteiger partial charge in [0.25, 0.3) is 15.9 Å². The van der Waals surface area contributed by atoms with Crippen molar-refractivity contribution in [1.82, 2.24) is 19.5 Å². The molecule has 31 heavy (non-hydrogen) atoms. The van der Waals surface area contributed by atoms with Crippen molar-refractivity contribution < 1.29 is 18.0 Å². The number of likely N-dealkylation sites (tertiary alicyclic amines) is 1. The van der Waals surface area contributed by atoms with Crippen LogP contribution in [0.15, 0.2) is 46.2 Å². The molecule has 0 aromatic carbocycles. The van der Waals surface area contributed by atoms with Crippen molar-refractivity contribution in [3.05, 3.63) is 47.6 Å². The van der Waals surface area contributed by atoms with Gasteiger partial charge in [0.2, 0.25) is 5.91 Å². The van der Waals surface area contributed by atoms with E-state index in [2.05, 4.69) is 10.3 Å². The number of aromatic nitrogens is 1. The summed E-state index contributed by atoms with van der Waals surface area (Å²) in [5.41, 5.74) is 0.617. The molecule has 2 aromatic heterocycles. The first-order valence-corrected chi connectivity index (χ1v) is 12.8. The molecular formula is C21H26N4O4S2. The van der Waals surface area contributed by atoms with Crippen LogP contribution in [-0.4, -0.2) is 66.6 Å². The number of carbonyl (C=O) groups is 2. The Morgan fingerprint density at radius 1 is 1.06 bits per heavy atom. The predicted molar refractivity (Wildman–Crippen MR) is 117 cm³/mol. The molecule has 0 bridgehead atoms. The molecule has 0 spiro atoms. The number of pyridine rings is 1. The van der Waals surface area contributed by atoms with Crippen molar-refractivity contribution in [3.63, 3.8) is 0 Å². The van der Waals surface area contributed by atoms with Gasteiger partial charge in [0.05, 0.1) is 5.92 Å². The first-order valence-electron chi connectivity index (χ1n) is 10.5. The quantitative estimate of drug-likeness (QED) is 0.732. The topological polar surface area (TPSA) is 99.7 Å². The molecule has 0 saturated carbocycles. The SMILES string of the molecule is O=C(NC1CCN(C(=O)c2ccncc2)CC1)C1CCCN(S(=O)(=O)c2cccs2)C1. The van der Waals surface area contributed by atoms with Crippen molar-refractivity contribution in [1.29, 1.82) is 0 Å². The maximum atomic E-state index is 12.8. The molecule has 2 aliphatic rings. The smallest absolute Gasteiger partial charge is 0.253 e. The van der Waals surface area contributed by atoms with Crippen molar-refractivity contribution in [2.45, 2.75) is 35.9 Å². The van der Waals surface area contributed by atoms with Crippen LogP contribution in [0.25, 0.3) is 0 Å². The lowest BCUT2D eigenvalue weighted by Gasteiger charge is -2.35. The molecule has 0 aliphatic carbocycles. The standard InChI is InChI=1S/C21H26N4O4S2/c26-20(17-3-1-11-25(15-17)31(28,29)19-4-2-14-30-19)23-18-7-12-24(13-8-18)21(27)16-5-9-22-10-6-16/h2,4-6,9-10,14,17-18H,1,3,7-8,11-13,15H2,(H,23,26). The highest BCUT2D eigenvalue weighted by Gasteiger charge is 2.35. The molecule has 1 atom stereocenters. The lowest BCUT2D eigenvalue weighted by Crippen LogP contribution is -2.50.